The molecule has 1 aliphatic heterocycles. The maximum Gasteiger partial charge on any atom is 0.244 e. The van der Waals surface area contributed by atoms with Gasteiger partial charge in [-0.05, 0) is 37.8 Å². The van der Waals surface area contributed by atoms with Crippen molar-refractivity contribution in [2.75, 3.05) is 20.2 Å². The minimum atomic E-state index is -3.73. The van der Waals surface area contributed by atoms with Gasteiger partial charge in [0, 0.05) is 19.2 Å². The number of nitrogens with one attached hydrogen (secondary N) is 1. The molecule has 24 heavy (non-hydrogen) atoms. The van der Waals surface area contributed by atoms with Crippen LogP contribution in [0.25, 0.3) is 0 Å². The zero-order valence-corrected chi connectivity index (χ0v) is 15.4. The van der Waals surface area contributed by atoms with Crippen molar-refractivity contribution >= 4 is 15.9 Å². The lowest BCUT2D eigenvalue weighted by Gasteiger charge is -2.24. The second-order valence-electron chi connectivity index (χ2n) is 6.05. The monoisotopic (exact) mass is 354 g/mol. The van der Waals surface area contributed by atoms with Crippen molar-refractivity contribution in [1.29, 1.82) is 0 Å². The minimum absolute atomic E-state index is 0.204. The van der Waals surface area contributed by atoms with Crippen molar-refractivity contribution in [2.45, 2.75) is 50.5 Å². The predicted molar refractivity (Wildman–Crippen MR) is 92.6 cm³/mol. The summed E-state index contributed by atoms with van der Waals surface area (Å²) in [5, 5.41) is 2.85. The molecule has 7 heteroatoms. The van der Waals surface area contributed by atoms with Gasteiger partial charge < -0.3 is 10.1 Å². The van der Waals surface area contributed by atoms with Crippen LogP contribution in [-0.2, 0) is 14.8 Å². The second-order valence-corrected chi connectivity index (χ2v) is 7.91. The lowest BCUT2D eigenvalue weighted by atomic mass is 10.2. The molecule has 1 fully saturated rings. The van der Waals surface area contributed by atoms with Crippen molar-refractivity contribution in [3.8, 4) is 5.75 Å². The van der Waals surface area contributed by atoms with E-state index in [2.05, 4.69) is 5.32 Å². The molecule has 1 amide bonds. The third-order valence-electron chi connectivity index (χ3n) is 4.32. The summed E-state index contributed by atoms with van der Waals surface area (Å²) in [6, 6.07) is 4.35. The van der Waals surface area contributed by atoms with E-state index in [1.807, 2.05) is 6.92 Å². The van der Waals surface area contributed by atoms with Gasteiger partial charge in [-0.3, -0.25) is 4.79 Å². The number of carbonyl (C=O) groups is 1. The van der Waals surface area contributed by atoms with Crippen molar-refractivity contribution in [1.82, 2.24) is 9.62 Å². The van der Waals surface area contributed by atoms with Gasteiger partial charge in [-0.25, -0.2) is 8.42 Å². The molecule has 0 spiro atoms. The molecule has 1 heterocycles. The molecule has 0 bridgehead atoms. The first-order valence-electron chi connectivity index (χ1n) is 8.36. The highest BCUT2D eigenvalue weighted by Gasteiger charge is 2.39. The fraction of sp³-hybridized carbons (Fsp3) is 0.588. The van der Waals surface area contributed by atoms with Gasteiger partial charge in [-0.1, -0.05) is 19.4 Å². The molecule has 1 aliphatic rings. The minimum Gasteiger partial charge on any atom is -0.497 e. The maximum atomic E-state index is 13.1. The molecule has 1 N–H and O–H groups in total. The predicted octanol–water partition coefficient (Wildman–Crippen LogP) is 2.07. The Hall–Kier alpha value is -1.60. The molecule has 0 unspecified atom stereocenters. The fourth-order valence-electron chi connectivity index (χ4n) is 2.91. The Labute approximate surface area is 144 Å². The van der Waals surface area contributed by atoms with Gasteiger partial charge in [0.2, 0.25) is 15.9 Å². The SMILES string of the molecule is CCCCNC(=O)[C@@H]1CCCN1S(=O)(=O)c1cc(OC)ccc1C. The van der Waals surface area contributed by atoms with Crippen LogP contribution >= 0.6 is 0 Å². The van der Waals surface area contributed by atoms with E-state index in [9.17, 15) is 13.2 Å². The van der Waals surface area contributed by atoms with E-state index in [1.165, 1.54) is 17.5 Å². The first-order valence-corrected chi connectivity index (χ1v) is 9.80. The molecule has 1 saturated heterocycles. The fourth-order valence-corrected chi connectivity index (χ4v) is 4.81. The van der Waals surface area contributed by atoms with Crippen LogP contribution in [0.2, 0.25) is 0 Å². The quantitative estimate of drug-likeness (QED) is 0.761. The Balaban J connectivity index is 2.26. The third kappa shape index (κ3) is 3.89. The van der Waals surface area contributed by atoms with Crippen molar-refractivity contribution < 1.29 is 17.9 Å². The molecule has 134 valence electrons. The summed E-state index contributed by atoms with van der Waals surface area (Å²) < 4.78 is 32.6. The van der Waals surface area contributed by atoms with Crippen molar-refractivity contribution in [2.24, 2.45) is 0 Å². The second kappa shape index (κ2) is 7.98. The topological polar surface area (TPSA) is 75.7 Å². The van der Waals surface area contributed by atoms with E-state index in [0.29, 0.717) is 37.2 Å². The standard InChI is InChI=1S/C17H26N2O4S/c1-4-5-10-18-17(20)15-7-6-11-19(15)24(21,22)16-12-14(23-3)9-8-13(16)2/h8-9,12,15H,4-7,10-11H2,1-3H3,(H,18,20)/t15-/m0/s1. The summed E-state index contributed by atoms with van der Waals surface area (Å²) in [6.07, 6.45) is 3.12. The van der Waals surface area contributed by atoms with Crippen LogP contribution in [0.5, 0.6) is 5.75 Å². The molecule has 0 aliphatic carbocycles. The molecule has 0 aromatic heterocycles. The molecule has 2 rings (SSSR count). The van der Waals surface area contributed by atoms with Crippen LogP contribution in [0, 0.1) is 6.92 Å². The van der Waals surface area contributed by atoms with Gasteiger partial charge >= 0.3 is 0 Å². The number of hydrogen-bond donors (Lipinski definition) is 1. The molecular weight excluding hydrogens is 328 g/mol. The molecular formula is C17H26N2O4S. The Morgan fingerprint density at radius 3 is 2.83 bits per heavy atom. The summed E-state index contributed by atoms with van der Waals surface area (Å²) in [5.41, 5.74) is 0.646. The number of hydrogen-bond acceptors (Lipinski definition) is 4. The van der Waals surface area contributed by atoms with Crippen molar-refractivity contribution in [3.05, 3.63) is 23.8 Å². The number of aryl methyl sites for hydroxylation is 1. The van der Waals surface area contributed by atoms with Crippen LogP contribution in [-0.4, -0.2) is 44.9 Å². The number of sulfonamides is 1. The average Bonchev–Trinajstić information content (AvgIpc) is 3.06. The van der Waals surface area contributed by atoms with Gasteiger partial charge in [0.15, 0.2) is 0 Å². The number of ether oxygens (including phenoxy) is 1. The van der Waals surface area contributed by atoms with Gasteiger partial charge in [0.1, 0.15) is 11.8 Å². The zero-order chi connectivity index (χ0) is 17.7. The largest absolute Gasteiger partial charge is 0.497 e. The summed E-state index contributed by atoms with van der Waals surface area (Å²) in [7, 11) is -2.23. The number of methoxy groups -OCH3 is 1. The van der Waals surface area contributed by atoms with Crippen LogP contribution in [0.1, 0.15) is 38.2 Å². The Bertz CT molecular complexity index is 688. The molecule has 0 radical (unpaired) electrons. The van der Waals surface area contributed by atoms with E-state index in [1.54, 1.807) is 19.1 Å². The van der Waals surface area contributed by atoms with Crippen LogP contribution in [0.4, 0.5) is 0 Å². The number of rotatable bonds is 7. The molecule has 1 aromatic carbocycles. The van der Waals surface area contributed by atoms with Crippen molar-refractivity contribution in [3.63, 3.8) is 0 Å². The lowest BCUT2D eigenvalue weighted by molar-refractivity contribution is -0.124. The van der Waals surface area contributed by atoms with E-state index in [4.69, 9.17) is 4.74 Å². The molecule has 6 nitrogen and oxygen atoms in total. The van der Waals surface area contributed by atoms with Crippen LogP contribution in [0.15, 0.2) is 23.1 Å². The van der Waals surface area contributed by atoms with E-state index >= 15 is 0 Å². The number of carbonyl (C=O) groups excluding carboxylic acids is 1. The Kier molecular flexibility index (Phi) is 6.23. The van der Waals surface area contributed by atoms with E-state index in [-0.39, 0.29) is 10.8 Å². The summed E-state index contributed by atoms with van der Waals surface area (Å²) in [6.45, 7) is 4.74. The van der Waals surface area contributed by atoms with Gasteiger partial charge in [-0.2, -0.15) is 4.31 Å². The first kappa shape index (κ1) is 18.7. The van der Waals surface area contributed by atoms with Crippen LogP contribution < -0.4 is 10.1 Å². The van der Waals surface area contributed by atoms with Gasteiger partial charge in [0.05, 0.1) is 12.0 Å². The molecule has 1 aromatic rings. The zero-order valence-electron chi connectivity index (χ0n) is 14.5. The Morgan fingerprint density at radius 1 is 1.42 bits per heavy atom. The van der Waals surface area contributed by atoms with Gasteiger partial charge in [0.25, 0.3) is 0 Å². The number of nitrogens with zero attached hydrogens (tertiary/aromatic N) is 1. The van der Waals surface area contributed by atoms with Gasteiger partial charge in [-0.15, -0.1) is 0 Å². The highest BCUT2D eigenvalue weighted by molar-refractivity contribution is 7.89. The smallest absolute Gasteiger partial charge is 0.244 e. The third-order valence-corrected chi connectivity index (χ3v) is 6.37. The highest BCUT2D eigenvalue weighted by atomic mass is 32.2. The number of unbranched alkanes of at least 4 members (excludes halogenated alkanes) is 1. The molecule has 0 saturated carbocycles. The normalized spacial score (nSPS) is 18.5. The highest BCUT2D eigenvalue weighted by Crippen LogP contribution is 2.30. The first-order chi connectivity index (χ1) is 11.4. The molecule has 1 atom stereocenters. The summed E-state index contributed by atoms with van der Waals surface area (Å²) in [4.78, 5) is 12.6. The van der Waals surface area contributed by atoms with E-state index in [0.717, 1.165) is 12.8 Å². The van der Waals surface area contributed by atoms with E-state index < -0.39 is 16.1 Å². The lowest BCUT2D eigenvalue weighted by Crippen LogP contribution is -2.46. The summed E-state index contributed by atoms with van der Waals surface area (Å²) in [5.74, 6) is 0.285. The Morgan fingerprint density at radius 2 is 2.17 bits per heavy atom. The maximum absolute atomic E-state index is 13.1. The number of amides is 1. The summed E-state index contributed by atoms with van der Waals surface area (Å²) >= 11 is 0. The van der Waals surface area contributed by atoms with Crippen LogP contribution in [0.3, 0.4) is 0 Å². The number of benzene rings is 1. The average molecular weight is 354 g/mol.